The quantitative estimate of drug-likeness (QED) is 0.467. The molecule has 1 heterocycles. The first-order chi connectivity index (χ1) is 14.0. The fourth-order valence-corrected chi connectivity index (χ4v) is 3.96. The van der Waals surface area contributed by atoms with Gasteiger partial charge in [0.05, 0.1) is 12.7 Å². The Labute approximate surface area is 166 Å². The molecular formula is C22H19NO6. The minimum absolute atomic E-state index is 0.0811. The van der Waals surface area contributed by atoms with Gasteiger partial charge in [0.1, 0.15) is 17.4 Å². The number of rotatable bonds is 4. The van der Waals surface area contributed by atoms with Gasteiger partial charge in [-0.2, -0.15) is 0 Å². The van der Waals surface area contributed by atoms with Crippen molar-refractivity contribution in [3.05, 3.63) is 71.3 Å². The number of carboxylic acids is 1. The van der Waals surface area contributed by atoms with Crippen molar-refractivity contribution in [1.82, 2.24) is 0 Å². The maximum Gasteiger partial charge on any atom is 0.343 e. The molecule has 4 rings (SSSR count). The molecule has 2 aromatic rings. The van der Waals surface area contributed by atoms with Crippen LogP contribution in [-0.2, 0) is 9.53 Å². The molecule has 0 aromatic heterocycles. The highest BCUT2D eigenvalue weighted by atomic mass is 16.5. The number of hydrogen-bond donors (Lipinski definition) is 2. The molecule has 7 nitrogen and oxygen atoms in total. The summed E-state index contributed by atoms with van der Waals surface area (Å²) in [5.41, 5.74) is 2.03. The Bertz CT molecular complexity index is 1030. The zero-order chi connectivity index (χ0) is 20.5. The van der Waals surface area contributed by atoms with E-state index >= 15 is 0 Å². The fourth-order valence-electron chi connectivity index (χ4n) is 3.96. The lowest BCUT2D eigenvalue weighted by molar-refractivity contribution is -0.139. The second-order valence-corrected chi connectivity index (χ2v) is 6.99. The number of fused-ring (bicyclic) bond motifs is 3. The summed E-state index contributed by atoms with van der Waals surface area (Å²) in [7, 11) is 1.26. The van der Waals surface area contributed by atoms with E-state index in [1.165, 1.54) is 19.2 Å². The second kappa shape index (κ2) is 7.43. The number of nitrogens with one attached hydrogen (secondary N) is 1. The summed E-state index contributed by atoms with van der Waals surface area (Å²) in [5, 5.41) is 12.6. The van der Waals surface area contributed by atoms with E-state index in [4.69, 9.17) is 9.47 Å². The zero-order valence-corrected chi connectivity index (χ0v) is 15.6. The molecule has 29 heavy (non-hydrogen) atoms. The van der Waals surface area contributed by atoms with Crippen LogP contribution in [0.2, 0.25) is 0 Å². The molecule has 0 radical (unpaired) electrons. The average molecular weight is 393 g/mol. The summed E-state index contributed by atoms with van der Waals surface area (Å²) in [6.07, 6.45) is 4.62. The molecule has 2 aromatic carbocycles. The number of anilines is 1. The molecule has 148 valence electrons. The smallest absolute Gasteiger partial charge is 0.343 e. The van der Waals surface area contributed by atoms with Crippen molar-refractivity contribution in [2.24, 2.45) is 5.92 Å². The van der Waals surface area contributed by atoms with Crippen molar-refractivity contribution in [3.8, 4) is 5.75 Å². The highest BCUT2D eigenvalue weighted by molar-refractivity contribution is 5.96. The Morgan fingerprint density at radius 3 is 2.66 bits per heavy atom. The molecule has 1 aliphatic heterocycles. The van der Waals surface area contributed by atoms with Gasteiger partial charge in [-0.25, -0.2) is 14.4 Å². The van der Waals surface area contributed by atoms with Crippen LogP contribution in [0.15, 0.2) is 54.6 Å². The van der Waals surface area contributed by atoms with Gasteiger partial charge in [0.2, 0.25) is 0 Å². The zero-order valence-electron chi connectivity index (χ0n) is 15.6. The van der Waals surface area contributed by atoms with E-state index in [2.05, 4.69) is 5.32 Å². The minimum atomic E-state index is -0.891. The molecule has 2 aliphatic rings. The first-order valence-electron chi connectivity index (χ1n) is 9.19. The van der Waals surface area contributed by atoms with E-state index in [-0.39, 0.29) is 23.1 Å². The van der Waals surface area contributed by atoms with Gasteiger partial charge in [-0.3, -0.25) is 0 Å². The molecule has 0 amide bonds. The third-order valence-electron chi connectivity index (χ3n) is 5.36. The van der Waals surface area contributed by atoms with Crippen molar-refractivity contribution in [2.75, 3.05) is 12.4 Å². The Balaban J connectivity index is 1.63. The number of allylic oxidation sites excluding steroid dienone is 2. The summed E-state index contributed by atoms with van der Waals surface area (Å²) >= 11 is 0. The number of esters is 2. The van der Waals surface area contributed by atoms with Crippen molar-refractivity contribution < 1.29 is 29.0 Å². The van der Waals surface area contributed by atoms with Crippen LogP contribution in [0.5, 0.6) is 5.75 Å². The highest BCUT2D eigenvalue weighted by Crippen LogP contribution is 2.44. The number of carbonyl (C=O) groups is 3. The van der Waals surface area contributed by atoms with Gasteiger partial charge < -0.3 is 19.9 Å². The topological polar surface area (TPSA) is 102 Å². The van der Waals surface area contributed by atoms with E-state index < -0.39 is 23.9 Å². The van der Waals surface area contributed by atoms with E-state index in [0.717, 1.165) is 5.56 Å². The average Bonchev–Trinajstić information content (AvgIpc) is 3.22. The van der Waals surface area contributed by atoms with Crippen molar-refractivity contribution in [3.63, 3.8) is 0 Å². The Morgan fingerprint density at radius 1 is 1.10 bits per heavy atom. The largest absolute Gasteiger partial charge is 0.480 e. The third-order valence-corrected chi connectivity index (χ3v) is 5.36. The van der Waals surface area contributed by atoms with Crippen LogP contribution in [0.25, 0.3) is 0 Å². The maximum atomic E-state index is 12.7. The van der Waals surface area contributed by atoms with Crippen LogP contribution >= 0.6 is 0 Å². The summed E-state index contributed by atoms with van der Waals surface area (Å²) < 4.78 is 10.2. The second-order valence-electron chi connectivity index (χ2n) is 6.99. The maximum absolute atomic E-state index is 12.7. The highest BCUT2D eigenvalue weighted by Gasteiger charge is 2.41. The lowest BCUT2D eigenvalue weighted by Crippen LogP contribution is -2.41. The van der Waals surface area contributed by atoms with Crippen LogP contribution < -0.4 is 10.1 Å². The van der Waals surface area contributed by atoms with E-state index in [1.54, 1.807) is 30.3 Å². The summed E-state index contributed by atoms with van der Waals surface area (Å²) in [4.78, 5) is 36.2. The number of aliphatic carboxylic acids is 1. The van der Waals surface area contributed by atoms with Gasteiger partial charge >= 0.3 is 17.9 Å². The van der Waals surface area contributed by atoms with Gasteiger partial charge in [-0.15, -0.1) is 0 Å². The van der Waals surface area contributed by atoms with Crippen LogP contribution in [0.1, 0.15) is 38.6 Å². The number of hydrogen-bond acceptors (Lipinski definition) is 6. The monoisotopic (exact) mass is 393 g/mol. The standard InChI is InChI=1S/C22H19NO6/c1-28-22(27)15-5-2-3-8-18(15)29-21(26)12-9-10-17-16(11-12)13-6-4-7-14(13)19(23-17)20(24)25/h2-6,8-11,13-14,19,23H,7H2,1H3,(H,24,25)/t13-,14-,19+/m0/s1. The van der Waals surface area contributed by atoms with Gasteiger partial charge in [0, 0.05) is 17.5 Å². The number of methoxy groups -OCH3 is 1. The summed E-state index contributed by atoms with van der Waals surface area (Å²) in [5.74, 6) is -2.17. The number of para-hydroxylation sites is 1. The molecule has 0 unspecified atom stereocenters. The molecule has 7 heteroatoms. The van der Waals surface area contributed by atoms with Crippen LogP contribution in [0.4, 0.5) is 5.69 Å². The Morgan fingerprint density at radius 2 is 1.90 bits per heavy atom. The Kier molecular flexibility index (Phi) is 4.80. The summed E-state index contributed by atoms with van der Waals surface area (Å²) in [6, 6.07) is 10.7. The van der Waals surface area contributed by atoms with E-state index in [9.17, 15) is 19.5 Å². The SMILES string of the molecule is COC(=O)c1ccccc1OC(=O)c1ccc2c(c1)[C@H]1C=CC[C@@H]1[C@H](C(=O)O)N2. The van der Waals surface area contributed by atoms with E-state index in [1.807, 2.05) is 12.2 Å². The Hall–Kier alpha value is -3.61. The molecule has 0 bridgehead atoms. The fraction of sp³-hybridized carbons (Fsp3) is 0.227. The number of carboxylic acid groups (broad SMARTS) is 1. The van der Waals surface area contributed by atoms with Gasteiger partial charge in [-0.05, 0) is 42.3 Å². The van der Waals surface area contributed by atoms with Crippen LogP contribution in [-0.4, -0.2) is 36.2 Å². The van der Waals surface area contributed by atoms with Crippen molar-refractivity contribution in [2.45, 2.75) is 18.4 Å². The molecule has 2 N–H and O–H groups in total. The van der Waals surface area contributed by atoms with Gasteiger partial charge in [-0.1, -0.05) is 24.3 Å². The van der Waals surface area contributed by atoms with E-state index in [0.29, 0.717) is 17.7 Å². The van der Waals surface area contributed by atoms with Gasteiger partial charge in [0.25, 0.3) is 0 Å². The molecule has 0 saturated heterocycles. The molecular weight excluding hydrogens is 374 g/mol. The minimum Gasteiger partial charge on any atom is -0.480 e. The van der Waals surface area contributed by atoms with Crippen LogP contribution in [0, 0.1) is 5.92 Å². The van der Waals surface area contributed by atoms with Gasteiger partial charge in [0.15, 0.2) is 0 Å². The lowest BCUT2D eigenvalue weighted by atomic mass is 9.79. The molecule has 0 spiro atoms. The third kappa shape index (κ3) is 3.35. The molecule has 1 aliphatic carbocycles. The molecule has 3 atom stereocenters. The predicted molar refractivity (Wildman–Crippen MR) is 104 cm³/mol. The number of benzene rings is 2. The molecule has 0 saturated carbocycles. The van der Waals surface area contributed by atoms with Crippen molar-refractivity contribution in [1.29, 1.82) is 0 Å². The normalized spacial score (nSPS) is 21.5. The lowest BCUT2D eigenvalue weighted by Gasteiger charge is -2.34. The molecule has 0 fully saturated rings. The first kappa shape index (κ1) is 18.7. The predicted octanol–water partition coefficient (Wildman–Crippen LogP) is 3.23. The number of ether oxygens (including phenoxy) is 2. The van der Waals surface area contributed by atoms with Crippen molar-refractivity contribution >= 4 is 23.6 Å². The van der Waals surface area contributed by atoms with Crippen LogP contribution in [0.3, 0.4) is 0 Å². The first-order valence-corrected chi connectivity index (χ1v) is 9.19. The summed E-state index contributed by atoms with van der Waals surface area (Å²) in [6.45, 7) is 0. The number of carbonyl (C=O) groups excluding carboxylic acids is 2.